The molecule has 0 aliphatic rings. The number of nitrogens with zero attached hydrogens (tertiary/aromatic N) is 1. The molecular formula is C14H15F3N2OS. The van der Waals surface area contributed by atoms with E-state index < -0.39 is 11.7 Å². The fourth-order valence-electron chi connectivity index (χ4n) is 1.83. The van der Waals surface area contributed by atoms with Gasteiger partial charge in [-0.1, -0.05) is 12.1 Å². The zero-order valence-corrected chi connectivity index (χ0v) is 12.4. The van der Waals surface area contributed by atoms with Gasteiger partial charge in [0.25, 0.3) is 0 Å². The van der Waals surface area contributed by atoms with Gasteiger partial charge >= 0.3 is 6.18 Å². The van der Waals surface area contributed by atoms with Gasteiger partial charge in [-0.05, 0) is 19.1 Å². The molecule has 7 heteroatoms. The van der Waals surface area contributed by atoms with E-state index in [1.54, 1.807) is 18.6 Å². The van der Waals surface area contributed by atoms with Crippen molar-refractivity contribution in [2.24, 2.45) is 0 Å². The summed E-state index contributed by atoms with van der Waals surface area (Å²) in [6, 6.07) is 5.24. The fourth-order valence-corrected chi connectivity index (χ4v) is 2.66. The highest BCUT2D eigenvalue weighted by atomic mass is 32.1. The average Bonchev–Trinajstić information content (AvgIpc) is 2.86. The number of nitrogens with one attached hydrogen (secondary N) is 1. The first-order valence-electron chi connectivity index (χ1n) is 6.29. The highest BCUT2D eigenvalue weighted by Gasteiger charge is 2.30. The van der Waals surface area contributed by atoms with Gasteiger partial charge in [-0.15, -0.1) is 11.3 Å². The van der Waals surface area contributed by atoms with Crippen LogP contribution in [-0.4, -0.2) is 24.7 Å². The van der Waals surface area contributed by atoms with Gasteiger partial charge < -0.3 is 10.1 Å². The van der Waals surface area contributed by atoms with Crippen LogP contribution in [0, 0.1) is 0 Å². The van der Waals surface area contributed by atoms with Crippen LogP contribution in [0.15, 0.2) is 29.6 Å². The van der Waals surface area contributed by atoms with Crippen LogP contribution in [0.5, 0.6) is 0 Å². The van der Waals surface area contributed by atoms with Crippen molar-refractivity contribution in [2.45, 2.75) is 19.1 Å². The quantitative estimate of drug-likeness (QED) is 0.894. The molecule has 0 aliphatic heterocycles. The van der Waals surface area contributed by atoms with Crippen LogP contribution >= 0.6 is 11.3 Å². The first-order valence-corrected chi connectivity index (χ1v) is 7.16. The highest BCUT2D eigenvalue weighted by molar-refractivity contribution is 7.14. The molecule has 1 aromatic carbocycles. The molecule has 3 nitrogen and oxygen atoms in total. The van der Waals surface area contributed by atoms with Crippen molar-refractivity contribution in [3.05, 3.63) is 35.2 Å². The predicted octanol–water partition coefficient (Wildman–Crippen LogP) is 4.28. The Hall–Kier alpha value is -1.60. The maximum absolute atomic E-state index is 12.7. The molecule has 1 heterocycles. The second-order valence-corrected chi connectivity index (χ2v) is 5.48. The molecule has 0 bridgehead atoms. The number of benzene rings is 1. The third-order valence-corrected chi connectivity index (χ3v) is 3.55. The number of alkyl halides is 3. The molecule has 0 saturated heterocycles. The zero-order valence-electron chi connectivity index (χ0n) is 11.6. The van der Waals surface area contributed by atoms with E-state index in [0.29, 0.717) is 23.0 Å². The van der Waals surface area contributed by atoms with Gasteiger partial charge in [0.05, 0.1) is 17.9 Å². The molecule has 21 heavy (non-hydrogen) atoms. The van der Waals surface area contributed by atoms with Crippen LogP contribution in [0.4, 0.5) is 18.3 Å². The standard InChI is InChI=1S/C14H15F3N2OS/c1-9(7-20-2)18-13-19-12(8-21-13)10-4-3-5-11(6-10)14(15,16)17/h3-6,8-9H,7H2,1-2H3,(H,18,19)/t9-/m0/s1. The Labute approximate surface area is 124 Å². The van der Waals surface area contributed by atoms with E-state index >= 15 is 0 Å². The Bertz CT molecular complexity index is 598. The van der Waals surface area contributed by atoms with Gasteiger partial charge in [-0.3, -0.25) is 0 Å². The molecular weight excluding hydrogens is 301 g/mol. The minimum Gasteiger partial charge on any atom is -0.383 e. The van der Waals surface area contributed by atoms with E-state index in [0.717, 1.165) is 12.1 Å². The molecule has 0 fully saturated rings. The lowest BCUT2D eigenvalue weighted by molar-refractivity contribution is -0.137. The van der Waals surface area contributed by atoms with Crippen LogP contribution < -0.4 is 5.32 Å². The number of ether oxygens (including phenoxy) is 1. The second-order valence-electron chi connectivity index (χ2n) is 4.62. The lowest BCUT2D eigenvalue weighted by Crippen LogP contribution is -2.20. The molecule has 0 spiro atoms. The van der Waals surface area contributed by atoms with E-state index in [1.807, 2.05) is 6.92 Å². The van der Waals surface area contributed by atoms with Gasteiger partial charge in [0.1, 0.15) is 0 Å². The molecule has 0 radical (unpaired) electrons. The number of thiazole rings is 1. The van der Waals surface area contributed by atoms with E-state index in [-0.39, 0.29) is 6.04 Å². The molecule has 0 saturated carbocycles. The van der Waals surface area contributed by atoms with Crippen molar-refractivity contribution >= 4 is 16.5 Å². The molecule has 1 N–H and O–H groups in total. The second kappa shape index (κ2) is 6.44. The first kappa shape index (κ1) is 15.8. The van der Waals surface area contributed by atoms with E-state index in [4.69, 9.17) is 4.74 Å². The molecule has 1 atom stereocenters. The largest absolute Gasteiger partial charge is 0.416 e. The summed E-state index contributed by atoms with van der Waals surface area (Å²) in [4.78, 5) is 4.31. The van der Waals surface area contributed by atoms with Crippen LogP contribution in [0.25, 0.3) is 11.3 Å². The Kier molecular flexibility index (Phi) is 4.84. The molecule has 114 valence electrons. The Morgan fingerprint density at radius 1 is 1.38 bits per heavy atom. The summed E-state index contributed by atoms with van der Waals surface area (Å²) in [7, 11) is 1.61. The minimum absolute atomic E-state index is 0.0792. The molecule has 2 rings (SSSR count). The summed E-state index contributed by atoms with van der Waals surface area (Å²) in [5, 5.41) is 5.53. The molecule has 0 amide bonds. The molecule has 2 aromatic rings. The molecule has 1 aromatic heterocycles. The third kappa shape index (κ3) is 4.18. The maximum atomic E-state index is 12.7. The van der Waals surface area contributed by atoms with Gasteiger partial charge in [-0.2, -0.15) is 13.2 Å². The van der Waals surface area contributed by atoms with Gasteiger partial charge in [0, 0.05) is 24.1 Å². The summed E-state index contributed by atoms with van der Waals surface area (Å²) >= 11 is 1.35. The van der Waals surface area contributed by atoms with Crippen molar-refractivity contribution in [3.63, 3.8) is 0 Å². The molecule has 0 unspecified atom stereocenters. The molecule has 0 aliphatic carbocycles. The Morgan fingerprint density at radius 2 is 2.14 bits per heavy atom. The minimum atomic E-state index is -4.35. The average molecular weight is 316 g/mol. The fraction of sp³-hybridized carbons (Fsp3) is 0.357. The summed E-state index contributed by atoms with van der Waals surface area (Å²) in [6.45, 7) is 2.47. The van der Waals surface area contributed by atoms with E-state index in [1.165, 1.54) is 17.4 Å². The zero-order chi connectivity index (χ0) is 15.5. The number of aromatic nitrogens is 1. The normalized spacial score (nSPS) is 13.2. The van der Waals surface area contributed by atoms with Crippen LogP contribution in [-0.2, 0) is 10.9 Å². The summed E-state index contributed by atoms with van der Waals surface area (Å²) in [6.07, 6.45) is -4.35. The summed E-state index contributed by atoms with van der Waals surface area (Å²) < 4.78 is 43.1. The number of hydrogen-bond acceptors (Lipinski definition) is 4. The van der Waals surface area contributed by atoms with Gasteiger partial charge in [0.15, 0.2) is 5.13 Å². The number of hydrogen-bond donors (Lipinski definition) is 1. The lowest BCUT2D eigenvalue weighted by Gasteiger charge is -2.10. The van der Waals surface area contributed by atoms with Gasteiger partial charge in [0.2, 0.25) is 0 Å². The topological polar surface area (TPSA) is 34.1 Å². The van der Waals surface area contributed by atoms with Crippen LogP contribution in [0.2, 0.25) is 0 Å². The van der Waals surface area contributed by atoms with Crippen molar-refractivity contribution in [1.29, 1.82) is 0 Å². The van der Waals surface area contributed by atoms with Gasteiger partial charge in [-0.25, -0.2) is 4.98 Å². The van der Waals surface area contributed by atoms with Crippen LogP contribution in [0.3, 0.4) is 0 Å². The summed E-state index contributed by atoms with van der Waals surface area (Å²) in [5.74, 6) is 0. The smallest absolute Gasteiger partial charge is 0.383 e. The predicted molar refractivity (Wildman–Crippen MR) is 77.5 cm³/mol. The number of anilines is 1. The Balaban J connectivity index is 2.18. The first-order chi connectivity index (χ1) is 9.90. The SMILES string of the molecule is COC[C@H](C)Nc1nc(-c2cccc(C(F)(F)F)c2)cs1. The number of rotatable bonds is 5. The van der Waals surface area contributed by atoms with Crippen molar-refractivity contribution in [3.8, 4) is 11.3 Å². The summed E-state index contributed by atoms with van der Waals surface area (Å²) in [5.41, 5.74) is 0.307. The van der Waals surface area contributed by atoms with Crippen molar-refractivity contribution in [2.75, 3.05) is 19.0 Å². The van der Waals surface area contributed by atoms with E-state index in [9.17, 15) is 13.2 Å². The third-order valence-electron chi connectivity index (χ3n) is 2.78. The Morgan fingerprint density at radius 3 is 2.81 bits per heavy atom. The maximum Gasteiger partial charge on any atom is 0.416 e. The van der Waals surface area contributed by atoms with Crippen LogP contribution in [0.1, 0.15) is 12.5 Å². The highest BCUT2D eigenvalue weighted by Crippen LogP contribution is 2.33. The lowest BCUT2D eigenvalue weighted by atomic mass is 10.1. The van der Waals surface area contributed by atoms with Crippen molar-refractivity contribution in [1.82, 2.24) is 4.98 Å². The number of halogens is 3. The van der Waals surface area contributed by atoms with E-state index in [2.05, 4.69) is 10.3 Å². The number of methoxy groups -OCH3 is 1. The monoisotopic (exact) mass is 316 g/mol. The van der Waals surface area contributed by atoms with Crippen molar-refractivity contribution < 1.29 is 17.9 Å².